The van der Waals surface area contributed by atoms with Gasteiger partial charge in [-0.1, -0.05) is 0 Å². The fourth-order valence-electron chi connectivity index (χ4n) is 2.76. The Morgan fingerprint density at radius 3 is 2.33 bits per heavy atom. The van der Waals surface area contributed by atoms with Crippen LogP contribution in [0.15, 0.2) is 58.8 Å². The summed E-state index contributed by atoms with van der Waals surface area (Å²) in [5.74, 6) is -0.211. The van der Waals surface area contributed by atoms with E-state index in [4.69, 9.17) is 9.47 Å². The van der Waals surface area contributed by atoms with E-state index in [1.807, 2.05) is 6.92 Å². The van der Waals surface area contributed by atoms with Gasteiger partial charge in [-0.2, -0.15) is 0 Å². The summed E-state index contributed by atoms with van der Waals surface area (Å²) in [6.45, 7) is 4.35. The minimum absolute atomic E-state index is 0.0312. The van der Waals surface area contributed by atoms with Crippen LogP contribution in [0.25, 0.3) is 0 Å². The number of anilines is 2. The molecule has 0 radical (unpaired) electrons. The molecule has 33 heavy (non-hydrogen) atoms. The van der Waals surface area contributed by atoms with Crippen molar-refractivity contribution >= 4 is 44.1 Å². The number of carbonyl (C=O) groups excluding carboxylic acids is 2. The van der Waals surface area contributed by atoms with Crippen LogP contribution in [0.4, 0.5) is 10.8 Å². The summed E-state index contributed by atoms with van der Waals surface area (Å²) < 4.78 is 37.8. The number of amides is 1. The Balaban J connectivity index is 1.61. The predicted octanol–water partition coefficient (Wildman–Crippen LogP) is 3.70. The number of nitrogens with one attached hydrogen (secondary N) is 2. The van der Waals surface area contributed by atoms with Crippen LogP contribution in [0, 0.1) is 0 Å². The van der Waals surface area contributed by atoms with Crippen molar-refractivity contribution in [3.05, 3.63) is 65.2 Å². The van der Waals surface area contributed by atoms with E-state index in [9.17, 15) is 18.0 Å². The molecule has 1 amide bonds. The number of benzene rings is 2. The van der Waals surface area contributed by atoms with E-state index < -0.39 is 15.9 Å². The van der Waals surface area contributed by atoms with E-state index >= 15 is 0 Å². The van der Waals surface area contributed by atoms with Gasteiger partial charge in [-0.15, -0.1) is 11.3 Å². The van der Waals surface area contributed by atoms with Crippen molar-refractivity contribution in [3.8, 4) is 5.75 Å². The molecule has 3 aromatic rings. The van der Waals surface area contributed by atoms with Gasteiger partial charge >= 0.3 is 5.97 Å². The molecule has 11 heteroatoms. The van der Waals surface area contributed by atoms with Crippen molar-refractivity contribution in [2.45, 2.75) is 25.2 Å². The molecule has 0 atom stereocenters. The van der Waals surface area contributed by atoms with Crippen molar-refractivity contribution in [1.82, 2.24) is 4.98 Å². The first-order valence-corrected chi connectivity index (χ1v) is 12.4. The van der Waals surface area contributed by atoms with Crippen molar-refractivity contribution in [2.24, 2.45) is 0 Å². The first kappa shape index (κ1) is 24.2. The van der Waals surface area contributed by atoms with Gasteiger partial charge in [-0.25, -0.2) is 13.4 Å². The van der Waals surface area contributed by atoms with Gasteiger partial charge < -0.3 is 9.47 Å². The zero-order valence-electron chi connectivity index (χ0n) is 18.0. The number of thiazole rings is 1. The molecule has 1 aromatic heterocycles. The Hall–Kier alpha value is -3.44. The zero-order chi connectivity index (χ0) is 23.8. The molecule has 174 valence electrons. The Kier molecular flexibility index (Phi) is 8.01. The first-order valence-electron chi connectivity index (χ1n) is 10.1. The highest BCUT2D eigenvalue weighted by atomic mass is 32.2. The minimum Gasteiger partial charge on any atom is -0.494 e. The van der Waals surface area contributed by atoms with Crippen LogP contribution in [0.2, 0.25) is 0 Å². The van der Waals surface area contributed by atoms with E-state index in [2.05, 4.69) is 15.0 Å². The maximum absolute atomic E-state index is 12.6. The summed E-state index contributed by atoms with van der Waals surface area (Å²) in [4.78, 5) is 28.3. The molecule has 0 unspecified atom stereocenters. The van der Waals surface area contributed by atoms with Crippen molar-refractivity contribution in [3.63, 3.8) is 0 Å². The van der Waals surface area contributed by atoms with Gasteiger partial charge in [0.25, 0.3) is 15.9 Å². The average Bonchev–Trinajstić information content (AvgIpc) is 3.21. The van der Waals surface area contributed by atoms with Gasteiger partial charge in [0.15, 0.2) is 5.13 Å². The summed E-state index contributed by atoms with van der Waals surface area (Å²) in [6, 6.07) is 12.1. The SMILES string of the molecule is CCOC(=O)Cc1csc(NC(=O)c2ccc(NS(=O)(=O)c3ccc(OCC)cc3)cc2)n1. The quantitative estimate of drug-likeness (QED) is 0.416. The number of hydrogen-bond acceptors (Lipinski definition) is 8. The Morgan fingerprint density at radius 2 is 1.70 bits per heavy atom. The third-order valence-corrected chi connectivity index (χ3v) is 6.45. The number of aromatic nitrogens is 1. The van der Waals surface area contributed by atoms with Gasteiger partial charge in [0, 0.05) is 16.6 Å². The molecule has 0 aliphatic carbocycles. The lowest BCUT2D eigenvalue weighted by Gasteiger charge is -2.10. The zero-order valence-corrected chi connectivity index (χ0v) is 19.7. The number of sulfonamides is 1. The molecule has 0 aliphatic heterocycles. The normalized spacial score (nSPS) is 11.0. The van der Waals surface area contributed by atoms with Crippen LogP contribution in [0.3, 0.4) is 0 Å². The molecule has 0 saturated carbocycles. The summed E-state index contributed by atoms with van der Waals surface area (Å²) in [5, 5.41) is 4.68. The molecule has 2 N–H and O–H groups in total. The Labute approximate surface area is 195 Å². The van der Waals surface area contributed by atoms with Crippen molar-refractivity contribution in [2.75, 3.05) is 23.3 Å². The molecule has 0 aliphatic rings. The maximum atomic E-state index is 12.6. The van der Waals surface area contributed by atoms with Gasteiger partial charge in [0.05, 0.1) is 30.2 Å². The Bertz CT molecular complexity index is 1210. The van der Waals surface area contributed by atoms with Crippen LogP contribution >= 0.6 is 11.3 Å². The molecular formula is C22H23N3O6S2. The first-order chi connectivity index (χ1) is 15.8. The summed E-state index contributed by atoms with van der Waals surface area (Å²) in [6.07, 6.45) is 0.0312. The molecule has 1 heterocycles. The molecule has 2 aromatic carbocycles. The molecule has 3 rings (SSSR count). The standard InChI is InChI=1S/C22H23N3O6S2/c1-3-30-18-9-11-19(12-10-18)33(28,29)25-16-7-5-15(6-8-16)21(27)24-22-23-17(14-32-22)13-20(26)31-4-2/h5-12,14,25H,3-4,13H2,1-2H3,(H,23,24,27). The summed E-state index contributed by atoms with van der Waals surface area (Å²) in [7, 11) is -3.79. The molecule has 0 saturated heterocycles. The average molecular weight is 490 g/mol. The van der Waals surface area contributed by atoms with E-state index in [1.54, 1.807) is 24.4 Å². The summed E-state index contributed by atoms with van der Waals surface area (Å²) in [5.41, 5.74) is 1.14. The fraction of sp³-hybridized carbons (Fsp3) is 0.227. The second-order valence-corrected chi connectivity index (χ2v) is 9.21. The topological polar surface area (TPSA) is 124 Å². The van der Waals surface area contributed by atoms with Gasteiger partial charge in [-0.3, -0.25) is 19.6 Å². The molecule has 0 spiro atoms. The fourth-order valence-corrected chi connectivity index (χ4v) is 4.52. The highest BCUT2D eigenvalue weighted by Crippen LogP contribution is 2.21. The largest absolute Gasteiger partial charge is 0.494 e. The number of carbonyl (C=O) groups is 2. The maximum Gasteiger partial charge on any atom is 0.311 e. The highest BCUT2D eigenvalue weighted by molar-refractivity contribution is 7.92. The van der Waals surface area contributed by atoms with E-state index in [0.717, 1.165) is 0 Å². The smallest absolute Gasteiger partial charge is 0.311 e. The second kappa shape index (κ2) is 10.9. The minimum atomic E-state index is -3.79. The molecule has 0 bridgehead atoms. The number of ether oxygens (including phenoxy) is 2. The summed E-state index contributed by atoms with van der Waals surface area (Å²) >= 11 is 1.19. The van der Waals surface area contributed by atoms with E-state index in [-0.39, 0.29) is 17.3 Å². The highest BCUT2D eigenvalue weighted by Gasteiger charge is 2.16. The number of hydrogen-bond donors (Lipinski definition) is 2. The monoisotopic (exact) mass is 489 g/mol. The lowest BCUT2D eigenvalue weighted by Crippen LogP contribution is -2.14. The van der Waals surface area contributed by atoms with E-state index in [0.29, 0.717) is 41.0 Å². The number of rotatable bonds is 10. The second-order valence-electron chi connectivity index (χ2n) is 6.67. The van der Waals surface area contributed by atoms with Crippen LogP contribution in [-0.4, -0.2) is 38.5 Å². The van der Waals surface area contributed by atoms with Crippen LogP contribution < -0.4 is 14.8 Å². The van der Waals surface area contributed by atoms with Crippen LogP contribution in [0.5, 0.6) is 5.75 Å². The van der Waals surface area contributed by atoms with E-state index in [1.165, 1.54) is 47.7 Å². The third kappa shape index (κ3) is 6.77. The Morgan fingerprint density at radius 1 is 1.00 bits per heavy atom. The lowest BCUT2D eigenvalue weighted by atomic mass is 10.2. The van der Waals surface area contributed by atoms with Crippen molar-refractivity contribution < 1.29 is 27.5 Å². The number of esters is 1. The molecular weight excluding hydrogens is 466 g/mol. The lowest BCUT2D eigenvalue weighted by molar-refractivity contribution is -0.142. The molecule has 9 nitrogen and oxygen atoms in total. The predicted molar refractivity (Wildman–Crippen MR) is 125 cm³/mol. The van der Waals surface area contributed by atoms with Crippen LogP contribution in [-0.2, 0) is 26.0 Å². The third-order valence-electron chi connectivity index (χ3n) is 4.25. The van der Waals surface area contributed by atoms with Crippen LogP contribution in [0.1, 0.15) is 29.9 Å². The van der Waals surface area contributed by atoms with Gasteiger partial charge in [0.2, 0.25) is 0 Å². The van der Waals surface area contributed by atoms with Gasteiger partial charge in [0.1, 0.15) is 5.75 Å². The number of nitrogens with zero attached hydrogens (tertiary/aromatic N) is 1. The van der Waals surface area contributed by atoms with Crippen molar-refractivity contribution in [1.29, 1.82) is 0 Å². The van der Waals surface area contributed by atoms with Gasteiger partial charge in [-0.05, 0) is 62.4 Å². The molecule has 0 fully saturated rings.